The van der Waals surface area contributed by atoms with E-state index in [2.05, 4.69) is 5.32 Å². The largest absolute Gasteiger partial charge is 0.508 e. The van der Waals surface area contributed by atoms with Gasteiger partial charge in [-0.25, -0.2) is 0 Å². The first kappa shape index (κ1) is 26.3. The van der Waals surface area contributed by atoms with E-state index in [0.717, 1.165) is 32.1 Å². The van der Waals surface area contributed by atoms with Crippen molar-refractivity contribution >= 4 is 23.3 Å². The lowest BCUT2D eigenvalue weighted by Gasteiger charge is -2.36. The molecule has 8 nitrogen and oxygen atoms in total. The van der Waals surface area contributed by atoms with E-state index in [9.17, 15) is 19.5 Å². The molecule has 1 aliphatic heterocycles. The van der Waals surface area contributed by atoms with Crippen molar-refractivity contribution in [3.05, 3.63) is 83.9 Å². The van der Waals surface area contributed by atoms with E-state index >= 15 is 0 Å². The summed E-state index contributed by atoms with van der Waals surface area (Å²) in [5.74, 6) is 0.149. The molecule has 1 saturated carbocycles. The van der Waals surface area contributed by atoms with Gasteiger partial charge in [0.15, 0.2) is 17.3 Å². The number of aromatic hydroxyl groups is 1. The van der Waals surface area contributed by atoms with Crippen LogP contribution in [0.2, 0.25) is 0 Å². The van der Waals surface area contributed by atoms with Crippen LogP contribution in [0.15, 0.2) is 72.8 Å². The molecule has 202 valence electrons. The van der Waals surface area contributed by atoms with Gasteiger partial charge >= 0.3 is 0 Å². The molecule has 1 heterocycles. The number of hydrogen-bond donors (Lipinski definition) is 2. The first-order valence-corrected chi connectivity index (χ1v) is 13.3. The molecular formula is C31H32N2O6. The van der Waals surface area contributed by atoms with Crippen LogP contribution in [-0.4, -0.2) is 41.5 Å². The van der Waals surface area contributed by atoms with Crippen LogP contribution in [0.1, 0.15) is 61.0 Å². The number of benzene rings is 3. The van der Waals surface area contributed by atoms with Gasteiger partial charge in [-0.3, -0.25) is 19.3 Å². The van der Waals surface area contributed by atoms with Gasteiger partial charge in [0.2, 0.25) is 12.0 Å². The fraction of sp³-hybridized carbons (Fsp3) is 0.323. The van der Waals surface area contributed by atoms with Crippen molar-refractivity contribution in [2.45, 2.75) is 57.2 Å². The van der Waals surface area contributed by atoms with Gasteiger partial charge in [0.1, 0.15) is 18.4 Å². The predicted molar refractivity (Wildman–Crippen MR) is 146 cm³/mol. The Morgan fingerprint density at radius 3 is 2.23 bits per heavy atom. The number of hydrogen-bond acceptors (Lipinski definition) is 6. The maximum absolute atomic E-state index is 14.2. The minimum absolute atomic E-state index is 0.0176. The third kappa shape index (κ3) is 5.90. The van der Waals surface area contributed by atoms with E-state index < -0.39 is 18.1 Å². The van der Waals surface area contributed by atoms with Crippen LogP contribution >= 0.6 is 0 Å². The lowest BCUT2D eigenvalue weighted by atomic mass is 9.94. The van der Waals surface area contributed by atoms with Crippen molar-refractivity contribution in [3.63, 3.8) is 0 Å². The van der Waals surface area contributed by atoms with Crippen molar-refractivity contribution in [2.24, 2.45) is 0 Å². The molecule has 2 N–H and O–H groups in total. The summed E-state index contributed by atoms with van der Waals surface area (Å²) in [6.07, 6.45) is 3.97. The van der Waals surface area contributed by atoms with E-state index in [1.807, 2.05) is 6.07 Å². The topological polar surface area (TPSA) is 105 Å². The molecule has 2 amide bonds. The number of ketones is 1. The standard InChI is InChI=1S/C31H32N2O6/c1-20(34)21-11-15-24(16-12-21)33(31(37)28-19-38-26-9-5-6-10-27(26)39-28)29(22-13-17-25(35)18-14-22)30(36)32-23-7-3-2-4-8-23/h5-6,9-18,23,28-29,35H,2-4,7-8,19H2,1H3,(H,32,36)/t28-,29+/m0/s1. The van der Waals surface area contributed by atoms with Gasteiger partial charge < -0.3 is 19.9 Å². The second kappa shape index (κ2) is 11.6. The Hall–Kier alpha value is -4.33. The Labute approximate surface area is 227 Å². The lowest BCUT2D eigenvalue weighted by Crippen LogP contribution is -2.52. The Kier molecular flexibility index (Phi) is 7.81. The molecule has 2 atom stereocenters. The highest BCUT2D eigenvalue weighted by atomic mass is 16.6. The molecule has 0 radical (unpaired) electrons. The molecular weight excluding hydrogens is 496 g/mol. The van der Waals surface area contributed by atoms with E-state index in [1.165, 1.54) is 24.0 Å². The molecule has 39 heavy (non-hydrogen) atoms. The van der Waals surface area contributed by atoms with Crippen LogP contribution in [-0.2, 0) is 9.59 Å². The zero-order valence-corrected chi connectivity index (χ0v) is 21.8. The Bertz CT molecular complexity index is 1330. The number of anilines is 1. The summed E-state index contributed by atoms with van der Waals surface area (Å²) in [4.78, 5) is 41.6. The summed E-state index contributed by atoms with van der Waals surface area (Å²) in [7, 11) is 0. The summed E-state index contributed by atoms with van der Waals surface area (Å²) < 4.78 is 11.9. The van der Waals surface area contributed by atoms with Crippen molar-refractivity contribution in [2.75, 3.05) is 11.5 Å². The number of phenols is 1. The molecule has 3 aromatic rings. The fourth-order valence-electron chi connectivity index (χ4n) is 5.16. The van der Waals surface area contributed by atoms with Crippen molar-refractivity contribution in [1.29, 1.82) is 0 Å². The van der Waals surface area contributed by atoms with Crippen LogP contribution in [0, 0.1) is 0 Å². The summed E-state index contributed by atoms with van der Waals surface area (Å²) >= 11 is 0. The zero-order chi connectivity index (χ0) is 27.4. The van der Waals surface area contributed by atoms with E-state index in [4.69, 9.17) is 9.47 Å². The quantitative estimate of drug-likeness (QED) is 0.420. The molecule has 8 heteroatoms. The van der Waals surface area contributed by atoms with E-state index in [0.29, 0.717) is 28.3 Å². The van der Waals surface area contributed by atoms with Gasteiger partial charge in [-0.2, -0.15) is 0 Å². The SMILES string of the molecule is CC(=O)c1ccc(N(C(=O)[C@@H]2COc3ccccc3O2)[C@@H](C(=O)NC2CCCCC2)c2ccc(O)cc2)cc1. The molecule has 1 fully saturated rings. The second-order valence-electron chi connectivity index (χ2n) is 10.0. The third-order valence-electron chi connectivity index (χ3n) is 7.24. The molecule has 0 unspecified atom stereocenters. The third-order valence-corrected chi connectivity index (χ3v) is 7.24. The number of phenolic OH excluding ortho intramolecular Hbond substituents is 1. The summed E-state index contributed by atoms with van der Waals surface area (Å²) in [5, 5.41) is 13.1. The molecule has 1 aliphatic carbocycles. The first-order valence-electron chi connectivity index (χ1n) is 13.3. The van der Waals surface area contributed by atoms with E-state index in [-0.39, 0.29) is 30.1 Å². The van der Waals surface area contributed by atoms with Gasteiger partial charge in [0.05, 0.1) is 0 Å². The van der Waals surface area contributed by atoms with Crippen LogP contribution in [0.3, 0.4) is 0 Å². The van der Waals surface area contributed by atoms with Crippen molar-refractivity contribution in [3.8, 4) is 17.2 Å². The number of carbonyl (C=O) groups is 3. The Morgan fingerprint density at radius 1 is 0.897 bits per heavy atom. The molecule has 3 aromatic carbocycles. The monoisotopic (exact) mass is 528 g/mol. The van der Waals surface area contributed by atoms with Gasteiger partial charge in [0, 0.05) is 17.3 Å². The second-order valence-corrected chi connectivity index (χ2v) is 10.0. The number of ether oxygens (including phenoxy) is 2. The van der Waals surface area contributed by atoms with Gasteiger partial charge in [-0.05, 0) is 73.9 Å². The molecule has 0 bridgehead atoms. The summed E-state index contributed by atoms with van der Waals surface area (Å²) in [6, 6.07) is 18.9. The maximum Gasteiger partial charge on any atom is 0.272 e. The highest BCUT2D eigenvalue weighted by Gasteiger charge is 2.39. The number of amides is 2. The zero-order valence-electron chi connectivity index (χ0n) is 21.8. The van der Waals surface area contributed by atoms with Gasteiger partial charge in [-0.1, -0.05) is 43.5 Å². The fourth-order valence-corrected chi connectivity index (χ4v) is 5.16. The normalized spacial score (nSPS) is 17.6. The van der Waals surface area contributed by atoms with Gasteiger partial charge in [-0.15, -0.1) is 0 Å². The lowest BCUT2D eigenvalue weighted by molar-refractivity contribution is -0.132. The van der Waals surface area contributed by atoms with Crippen molar-refractivity contribution < 1.29 is 29.0 Å². The van der Waals surface area contributed by atoms with E-state index in [1.54, 1.807) is 54.6 Å². The number of rotatable bonds is 7. The number of para-hydroxylation sites is 2. The van der Waals surface area contributed by atoms with Crippen molar-refractivity contribution in [1.82, 2.24) is 5.32 Å². The minimum Gasteiger partial charge on any atom is -0.508 e. The van der Waals surface area contributed by atoms with Crippen LogP contribution < -0.4 is 19.7 Å². The first-order chi connectivity index (χ1) is 18.9. The maximum atomic E-state index is 14.2. The average Bonchev–Trinajstić information content (AvgIpc) is 2.96. The number of carbonyl (C=O) groups excluding carboxylic acids is 3. The Morgan fingerprint density at radius 2 is 1.56 bits per heavy atom. The number of fused-ring (bicyclic) bond motifs is 1. The molecule has 2 aliphatic rings. The van der Waals surface area contributed by atoms with Gasteiger partial charge in [0.25, 0.3) is 5.91 Å². The van der Waals surface area contributed by atoms with Crippen LogP contribution in [0.4, 0.5) is 5.69 Å². The van der Waals surface area contributed by atoms with Crippen LogP contribution in [0.5, 0.6) is 17.2 Å². The summed E-state index contributed by atoms with van der Waals surface area (Å²) in [5.41, 5.74) is 1.46. The number of nitrogens with one attached hydrogen (secondary N) is 1. The average molecular weight is 529 g/mol. The highest BCUT2D eigenvalue weighted by molar-refractivity contribution is 6.04. The number of nitrogens with zero attached hydrogens (tertiary/aromatic N) is 1. The van der Waals surface area contributed by atoms with Crippen LogP contribution in [0.25, 0.3) is 0 Å². The summed E-state index contributed by atoms with van der Waals surface area (Å²) in [6.45, 7) is 1.45. The molecule has 0 saturated heterocycles. The highest BCUT2D eigenvalue weighted by Crippen LogP contribution is 2.35. The predicted octanol–water partition coefficient (Wildman–Crippen LogP) is 4.96. The Balaban J connectivity index is 1.55. The molecule has 0 aromatic heterocycles. The molecule has 0 spiro atoms. The minimum atomic E-state index is -1.05. The number of Topliss-reactive ketones (excluding diaryl/α,β-unsaturated/α-hetero) is 1. The molecule has 5 rings (SSSR count). The smallest absolute Gasteiger partial charge is 0.272 e.